The van der Waals surface area contributed by atoms with E-state index in [0.29, 0.717) is 11.4 Å². The highest BCUT2D eigenvalue weighted by Gasteiger charge is 2.15. The summed E-state index contributed by atoms with van der Waals surface area (Å²) >= 11 is 5.84. The van der Waals surface area contributed by atoms with Crippen LogP contribution in [0, 0.1) is 13.8 Å². The zero-order valence-corrected chi connectivity index (χ0v) is 12.4. The average Bonchev–Trinajstić information content (AvgIpc) is 2.70. The van der Waals surface area contributed by atoms with Crippen LogP contribution in [0.3, 0.4) is 0 Å². The number of nitrogens with zero attached hydrogens (tertiary/aromatic N) is 2. The molecular weight excluding hydrogens is 272 g/mol. The molecule has 20 heavy (non-hydrogen) atoms. The van der Waals surface area contributed by atoms with Crippen LogP contribution in [0.2, 0.25) is 5.02 Å². The van der Waals surface area contributed by atoms with Gasteiger partial charge in [-0.25, -0.2) is 4.68 Å². The zero-order valence-electron chi connectivity index (χ0n) is 11.7. The van der Waals surface area contributed by atoms with E-state index < -0.39 is 0 Å². The van der Waals surface area contributed by atoms with Crippen LogP contribution in [0.4, 0.5) is 0 Å². The van der Waals surface area contributed by atoms with Gasteiger partial charge in [0.15, 0.2) is 0 Å². The highest BCUT2D eigenvalue weighted by atomic mass is 35.5. The van der Waals surface area contributed by atoms with Gasteiger partial charge in [0.25, 0.3) is 5.91 Å². The second-order valence-corrected chi connectivity index (χ2v) is 5.19. The number of carbonyl (C=O) groups excluding carboxylic acids is 1. The molecule has 0 saturated carbocycles. The molecule has 104 valence electrons. The van der Waals surface area contributed by atoms with Crippen molar-refractivity contribution >= 4 is 17.5 Å². The number of aromatic nitrogens is 2. The number of rotatable bonds is 4. The first-order chi connectivity index (χ1) is 9.52. The van der Waals surface area contributed by atoms with Gasteiger partial charge >= 0.3 is 0 Å². The Morgan fingerprint density at radius 2 is 2.00 bits per heavy atom. The molecule has 3 nitrogen and oxygen atoms in total. The summed E-state index contributed by atoms with van der Waals surface area (Å²) in [4.78, 5) is 12.3. The van der Waals surface area contributed by atoms with Crippen LogP contribution < -0.4 is 0 Å². The van der Waals surface area contributed by atoms with Crippen molar-refractivity contribution in [2.45, 2.75) is 26.7 Å². The normalized spacial score (nSPS) is 10.6. The van der Waals surface area contributed by atoms with Crippen molar-refractivity contribution in [3.8, 4) is 0 Å². The molecular formula is C16H17ClN2O. The molecule has 0 amide bonds. The van der Waals surface area contributed by atoms with Crippen LogP contribution in [0.25, 0.3) is 0 Å². The van der Waals surface area contributed by atoms with Crippen LogP contribution in [0.5, 0.6) is 0 Å². The molecule has 0 N–H and O–H groups in total. The minimum atomic E-state index is -0.0387. The van der Waals surface area contributed by atoms with Crippen molar-refractivity contribution in [3.05, 3.63) is 64.5 Å². The number of halogens is 1. The van der Waals surface area contributed by atoms with Crippen molar-refractivity contribution < 1.29 is 4.79 Å². The third-order valence-corrected chi connectivity index (χ3v) is 3.55. The largest absolute Gasteiger partial charge is 0.272 e. The predicted octanol–water partition coefficient (Wildman–Crippen LogP) is 3.76. The van der Waals surface area contributed by atoms with Gasteiger partial charge in [-0.15, -0.1) is 6.58 Å². The van der Waals surface area contributed by atoms with E-state index in [0.717, 1.165) is 28.9 Å². The second-order valence-electron chi connectivity index (χ2n) is 4.75. The molecule has 0 aliphatic carbocycles. The minimum Gasteiger partial charge on any atom is -0.272 e. The van der Waals surface area contributed by atoms with Gasteiger partial charge in [0, 0.05) is 16.3 Å². The minimum absolute atomic E-state index is 0.0387. The van der Waals surface area contributed by atoms with Gasteiger partial charge in [-0.1, -0.05) is 29.8 Å². The van der Waals surface area contributed by atoms with Crippen LogP contribution in [-0.2, 0) is 12.8 Å². The van der Waals surface area contributed by atoms with E-state index in [2.05, 4.69) is 11.7 Å². The highest BCUT2D eigenvalue weighted by Crippen LogP contribution is 2.16. The van der Waals surface area contributed by atoms with E-state index in [1.54, 1.807) is 12.1 Å². The van der Waals surface area contributed by atoms with Gasteiger partial charge in [-0.05, 0) is 38.0 Å². The maximum Gasteiger partial charge on any atom is 0.251 e. The number of hydrogen-bond acceptors (Lipinski definition) is 2. The first-order valence-corrected chi connectivity index (χ1v) is 6.84. The Hall–Kier alpha value is -1.87. The lowest BCUT2D eigenvalue weighted by Crippen LogP contribution is -2.16. The zero-order chi connectivity index (χ0) is 14.7. The lowest BCUT2D eigenvalue weighted by atomic mass is 10.1. The molecule has 4 heteroatoms. The molecule has 1 aromatic heterocycles. The Morgan fingerprint density at radius 3 is 2.60 bits per heavy atom. The van der Waals surface area contributed by atoms with Crippen molar-refractivity contribution in [1.82, 2.24) is 9.78 Å². The molecule has 2 aromatic rings. The number of allylic oxidation sites excluding steroid dienone is 1. The summed E-state index contributed by atoms with van der Waals surface area (Å²) in [6.07, 6.45) is 2.86. The number of aryl methyl sites for hydroxylation is 1. The molecule has 0 fully saturated rings. The molecule has 0 aliphatic rings. The first kappa shape index (κ1) is 14.5. The maximum atomic E-state index is 12.3. The topological polar surface area (TPSA) is 34.9 Å². The molecule has 0 unspecified atom stereocenters. The highest BCUT2D eigenvalue weighted by molar-refractivity contribution is 6.30. The van der Waals surface area contributed by atoms with Gasteiger partial charge in [-0.2, -0.15) is 5.10 Å². The van der Waals surface area contributed by atoms with E-state index in [9.17, 15) is 4.79 Å². The average molecular weight is 289 g/mol. The Balaban J connectivity index is 2.23. The fourth-order valence-corrected chi connectivity index (χ4v) is 2.34. The number of hydrogen-bond donors (Lipinski definition) is 0. The molecule has 0 radical (unpaired) electrons. The summed E-state index contributed by atoms with van der Waals surface area (Å²) < 4.78 is 1.49. The fourth-order valence-electron chi connectivity index (χ4n) is 2.21. The van der Waals surface area contributed by atoms with E-state index in [1.165, 1.54) is 4.68 Å². The SMILES string of the molecule is C=CCc1c(C)nn(C(=O)Cc2ccc(Cl)cc2)c1C. The Kier molecular flexibility index (Phi) is 4.40. The molecule has 0 aliphatic heterocycles. The summed E-state index contributed by atoms with van der Waals surface area (Å²) in [5.74, 6) is -0.0387. The Labute approximate surface area is 123 Å². The van der Waals surface area contributed by atoms with Crippen molar-refractivity contribution in [2.75, 3.05) is 0 Å². The second kappa shape index (κ2) is 6.06. The van der Waals surface area contributed by atoms with Gasteiger partial charge in [0.05, 0.1) is 12.1 Å². The van der Waals surface area contributed by atoms with E-state index in [1.807, 2.05) is 32.1 Å². The standard InChI is InChI=1S/C16H17ClN2O/c1-4-5-15-11(2)18-19(12(15)3)16(20)10-13-6-8-14(17)9-7-13/h4,6-9H,1,5,10H2,2-3H3. The van der Waals surface area contributed by atoms with Crippen molar-refractivity contribution in [2.24, 2.45) is 0 Å². The lowest BCUT2D eigenvalue weighted by Gasteiger charge is -2.04. The molecule has 0 saturated heterocycles. The van der Waals surface area contributed by atoms with E-state index in [-0.39, 0.29) is 5.91 Å². The quantitative estimate of drug-likeness (QED) is 0.803. The van der Waals surface area contributed by atoms with Crippen molar-refractivity contribution in [3.63, 3.8) is 0 Å². The monoisotopic (exact) mass is 288 g/mol. The van der Waals surface area contributed by atoms with Gasteiger partial charge in [0.1, 0.15) is 0 Å². The fraction of sp³-hybridized carbons (Fsp3) is 0.250. The maximum absolute atomic E-state index is 12.3. The predicted molar refractivity (Wildman–Crippen MR) is 81.4 cm³/mol. The summed E-state index contributed by atoms with van der Waals surface area (Å²) in [6, 6.07) is 7.29. The van der Waals surface area contributed by atoms with Gasteiger partial charge < -0.3 is 0 Å². The molecule has 1 aromatic carbocycles. The van der Waals surface area contributed by atoms with Gasteiger partial charge in [0.2, 0.25) is 0 Å². The number of carbonyl (C=O) groups is 1. The molecule has 0 bridgehead atoms. The first-order valence-electron chi connectivity index (χ1n) is 6.46. The van der Waals surface area contributed by atoms with Crippen LogP contribution in [0.1, 0.15) is 27.3 Å². The molecule has 1 heterocycles. The Bertz CT molecular complexity index is 641. The Morgan fingerprint density at radius 1 is 1.35 bits per heavy atom. The van der Waals surface area contributed by atoms with E-state index in [4.69, 9.17) is 11.6 Å². The van der Waals surface area contributed by atoms with Gasteiger partial charge in [-0.3, -0.25) is 4.79 Å². The molecule has 2 rings (SSSR count). The van der Waals surface area contributed by atoms with Crippen molar-refractivity contribution in [1.29, 1.82) is 0 Å². The third kappa shape index (κ3) is 2.99. The van der Waals surface area contributed by atoms with Crippen LogP contribution in [-0.4, -0.2) is 15.7 Å². The molecule has 0 atom stereocenters. The smallest absolute Gasteiger partial charge is 0.251 e. The van der Waals surface area contributed by atoms with Crippen LogP contribution in [0.15, 0.2) is 36.9 Å². The summed E-state index contributed by atoms with van der Waals surface area (Å²) in [5.41, 5.74) is 3.77. The molecule has 0 spiro atoms. The van der Waals surface area contributed by atoms with Crippen LogP contribution >= 0.6 is 11.6 Å². The summed E-state index contributed by atoms with van der Waals surface area (Å²) in [5, 5.41) is 5.00. The summed E-state index contributed by atoms with van der Waals surface area (Å²) in [6.45, 7) is 7.56. The number of benzene rings is 1. The lowest BCUT2D eigenvalue weighted by molar-refractivity contribution is 0.0895. The summed E-state index contributed by atoms with van der Waals surface area (Å²) in [7, 11) is 0. The third-order valence-electron chi connectivity index (χ3n) is 3.29. The van der Waals surface area contributed by atoms with E-state index >= 15 is 0 Å².